The maximum Gasteiger partial charge on any atom is 0.154 e. The molecule has 7 heteroatoms. The van der Waals surface area contributed by atoms with Gasteiger partial charge in [-0.25, -0.2) is 12.8 Å². The van der Waals surface area contributed by atoms with E-state index in [0.29, 0.717) is 5.56 Å². The predicted octanol–water partition coefficient (Wildman–Crippen LogP) is 0.836. The molecule has 0 radical (unpaired) electrons. The van der Waals surface area contributed by atoms with Crippen molar-refractivity contribution in [2.24, 2.45) is 0 Å². The summed E-state index contributed by atoms with van der Waals surface area (Å²) < 4.78 is 36.8. The number of aliphatic hydroxyl groups is 1. The van der Waals surface area contributed by atoms with E-state index >= 15 is 0 Å². The minimum atomic E-state index is -3.18. The smallest absolute Gasteiger partial charge is 0.154 e. The third-order valence-corrected chi connectivity index (χ3v) is 5.09. The van der Waals surface area contributed by atoms with Gasteiger partial charge in [-0.2, -0.15) is 0 Å². The molecule has 0 saturated carbocycles. The van der Waals surface area contributed by atoms with Gasteiger partial charge in [-0.05, 0) is 18.2 Å². The van der Waals surface area contributed by atoms with Gasteiger partial charge in [-0.1, -0.05) is 15.9 Å². The van der Waals surface area contributed by atoms with Crippen LogP contribution < -0.4 is 5.32 Å². The van der Waals surface area contributed by atoms with E-state index in [-0.39, 0.29) is 23.9 Å². The average Bonchev–Trinajstić information content (AvgIpc) is 2.53. The van der Waals surface area contributed by atoms with Crippen LogP contribution in [0.5, 0.6) is 0 Å². The Morgan fingerprint density at radius 2 is 2.17 bits per heavy atom. The average molecular weight is 338 g/mol. The normalized spacial score (nSPS) is 26.4. The third kappa shape index (κ3) is 3.28. The quantitative estimate of drug-likeness (QED) is 0.857. The summed E-state index contributed by atoms with van der Waals surface area (Å²) in [4.78, 5) is 0. The second-order valence-corrected chi connectivity index (χ2v) is 7.44. The van der Waals surface area contributed by atoms with Crippen LogP contribution in [-0.4, -0.2) is 37.2 Å². The third-order valence-electron chi connectivity index (χ3n) is 2.89. The molecule has 18 heavy (non-hydrogen) atoms. The molecule has 1 saturated heterocycles. The Labute approximate surface area is 113 Å². The number of rotatable bonds is 3. The van der Waals surface area contributed by atoms with E-state index in [0.717, 1.165) is 4.47 Å². The lowest BCUT2D eigenvalue weighted by atomic mass is 10.1. The number of halogens is 2. The fourth-order valence-corrected chi connectivity index (χ4v) is 4.13. The Kier molecular flexibility index (Phi) is 4.05. The minimum Gasteiger partial charge on any atom is -0.390 e. The summed E-state index contributed by atoms with van der Waals surface area (Å²) in [5.41, 5.74) is 0.431. The molecule has 4 nitrogen and oxygen atoms in total. The van der Waals surface area contributed by atoms with Crippen molar-refractivity contribution in [2.75, 3.05) is 11.5 Å². The summed E-state index contributed by atoms with van der Waals surface area (Å²) >= 11 is 3.24. The molecule has 2 unspecified atom stereocenters. The zero-order chi connectivity index (χ0) is 13.3. The molecular weight excluding hydrogens is 325 g/mol. The van der Waals surface area contributed by atoms with Gasteiger partial charge in [0.2, 0.25) is 0 Å². The highest BCUT2D eigenvalue weighted by molar-refractivity contribution is 9.10. The maximum absolute atomic E-state index is 13.5. The first-order chi connectivity index (χ1) is 8.37. The molecule has 1 heterocycles. The number of aliphatic hydroxyl groups excluding tert-OH is 1. The van der Waals surface area contributed by atoms with E-state index in [4.69, 9.17) is 0 Å². The Morgan fingerprint density at radius 1 is 1.44 bits per heavy atom. The minimum absolute atomic E-state index is 0.107. The molecule has 1 aliphatic heterocycles. The van der Waals surface area contributed by atoms with Crippen molar-refractivity contribution in [1.82, 2.24) is 5.32 Å². The molecule has 1 fully saturated rings. The van der Waals surface area contributed by atoms with Gasteiger partial charge in [0.25, 0.3) is 0 Å². The monoisotopic (exact) mass is 337 g/mol. The fraction of sp³-hybridized carbons (Fsp3) is 0.455. The summed E-state index contributed by atoms with van der Waals surface area (Å²) in [5, 5.41) is 12.5. The second kappa shape index (κ2) is 5.24. The molecule has 1 aromatic rings. The zero-order valence-electron chi connectivity index (χ0n) is 9.44. The van der Waals surface area contributed by atoms with Crippen molar-refractivity contribution in [3.8, 4) is 0 Å². The molecule has 1 aliphatic rings. The summed E-state index contributed by atoms with van der Waals surface area (Å²) in [6.07, 6.45) is -0.926. The molecule has 2 N–H and O–H groups in total. The molecule has 0 bridgehead atoms. The van der Waals surface area contributed by atoms with Crippen LogP contribution in [0.2, 0.25) is 0 Å². The molecule has 2 rings (SSSR count). The van der Waals surface area contributed by atoms with Gasteiger partial charge in [0.15, 0.2) is 9.84 Å². The second-order valence-electron chi connectivity index (χ2n) is 4.37. The van der Waals surface area contributed by atoms with Crippen molar-refractivity contribution in [3.05, 3.63) is 34.1 Å². The first kappa shape index (κ1) is 13.9. The van der Waals surface area contributed by atoms with Crippen molar-refractivity contribution >= 4 is 25.8 Å². The van der Waals surface area contributed by atoms with Crippen LogP contribution in [0.3, 0.4) is 0 Å². The highest BCUT2D eigenvalue weighted by Gasteiger charge is 2.35. The van der Waals surface area contributed by atoms with Gasteiger partial charge < -0.3 is 10.4 Å². The van der Waals surface area contributed by atoms with Crippen molar-refractivity contribution < 1.29 is 17.9 Å². The van der Waals surface area contributed by atoms with Gasteiger partial charge in [0, 0.05) is 22.6 Å². The maximum atomic E-state index is 13.5. The van der Waals surface area contributed by atoms with E-state index < -0.39 is 22.0 Å². The van der Waals surface area contributed by atoms with Crippen LogP contribution in [0.15, 0.2) is 22.7 Å². The van der Waals surface area contributed by atoms with Crippen LogP contribution in [0.25, 0.3) is 0 Å². The first-order valence-corrected chi connectivity index (χ1v) is 8.04. The first-order valence-electron chi connectivity index (χ1n) is 5.43. The highest BCUT2D eigenvalue weighted by Crippen LogP contribution is 2.17. The molecule has 1 aromatic carbocycles. The standard InChI is InChI=1S/C11H13BrFNO3S/c12-8-1-2-9(13)7(3-8)4-14-10-5-18(16,17)6-11(10)15/h1-3,10-11,14-15H,4-6H2. The van der Waals surface area contributed by atoms with E-state index in [1.165, 1.54) is 6.07 Å². The van der Waals surface area contributed by atoms with E-state index in [2.05, 4.69) is 21.2 Å². The Balaban J connectivity index is 2.02. The highest BCUT2D eigenvalue weighted by atomic mass is 79.9. The topological polar surface area (TPSA) is 66.4 Å². The fourth-order valence-electron chi connectivity index (χ4n) is 1.94. The van der Waals surface area contributed by atoms with Crippen molar-refractivity contribution in [2.45, 2.75) is 18.7 Å². The largest absolute Gasteiger partial charge is 0.390 e. The number of hydrogen-bond acceptors (Lipinski definition) is 4. The lowest BCUT2D eigenvalue weighted by Gasteiger charge is -2.15. The Hall–Kier alpha value is -0.500. The van der Waals surface area contributed by atoms with Gasteiger partial charge in [0.1, 0.15) is 5.82 Å². The van der Waals surface area contributed by atoms with Gasteiger partial charge in [-0.3, -0.25) is 0 Å². The van der Waals surface area contributed by atoms with Crippen LogP contribution in [0.1, 0.15) is 5.56 Å². The molecule has 0 aliphatic carbocycles. The van der Waals surface area contributed by atoms with Crippen LogP contribution in [-0.2, 0) is 16.4 Å². The molecule has 0 aromatic heterocycles. The Bertz CT molecular complexity index is 549. The number of nitrogens with one attached hydrogen (secondary N) is 1. The predicted molar refractivity (Wildman–Crippen MR) is 69.4 cm³/mol. The molecular formula is C11H13BrFNO3S. The number of hydrogen-bond donors (Lipinski definition) is 2. The molecule has 2 atom stereocenters. The molecule has 0 spiro atoms. The zero-order valence-corrected chi connectivity index (χ0v) is 11.8. The van der Waals surface area contributed by atoms with Gasteiger partial charge >= 0.3 is 0 Å². The van der Waals surface area contributed by atoms with E-state index in [1.54, 1.807) is 12.1 Å². The molecule has 0 amide bonds. The lowest BCUT2D eigenvalue weighted by Crippen LogP contribution is -2.38. The van der Waals surface area contributed by atoms with E-state index in [9.17, 15) is 17.9 Å². The van der Waals surface area contributed by atoms with Crippen LogP contribution in [0, 0.1) is 5.82 Å². The summed E-state index contributed by atoms with van der Waals surface area (Å²) in [6, 6.07) is 4.02. The lowest BCUT2D eigenvalue weighted by molar-refractivity contribution is 0.165. The number of sulfone groups is 1. The summed E-state index contributed by atoms with van der Waals surface area (Å²) in [7, 11) is -3.18. The van der Waals surface area contributed by atoms with Crippen molar-refractivity contribution in [1.29, 1.82) is 0 Å². The summed E-state index contributed by atoms with van der Waals surface area (Å²) in [6.45, 7) is 0.183. The van der Waals surface area contributed by atoms with Crippen LogP contribution in [0.4, 0.5) is 4.39 Å². The SMILES string of the molecule is O=S1(=O)CC(O)C(NCc2cc(Br)ccc2F)C1. The molecule has 100 valence electrons. The Morgan fingerprint density at radius 3 is 2.78 bits per heavy atom. The van der Waals surface area contributed by atoms with Gasteiger partial charge in [-0.15, -0.1) is 0 Å². The van der Waals surface area contributed by atoms with Crippen LogP contribution >= 0.6 is 15.9 Å². The van der Waals surface area contributed by atoms with E-state index in [1.807, 2.05) is 0 Å². The van der Waals surface area contributed by atoms with Crippen molar-refractivity contribution in [3.63, 3.8) is 0 Å². The van der Waals surface area contributed by atoms with Gasteiger partial charge in [0.05, 0.1) is 17.6 Å². The summed E-state index contributed by atoms with van der Waals surface area (Å²) in [5.74, 6) is -0.698. The number of benzene rings is 1.